The van der Waals surface area contributed by atoms with Crippen molar-refractivity contribution in [2.75, 3.05) is 17.7 Å². The van der Waals surface area contributed by atoms with Crippen molar-refractivity contribution in [3.05, 3.63) is 122 Å². The van der Waals surface area contributed by atoms with Gasteiger partial charge in [-0.1, -0.05) is 87.7 Å². The highest BCUT2D eigenvalue weighted by molar-refractivity contribution is 9.10. The minimum Gasteiger partial charge on any atom is -0.497 e. The number of carbonyl (C=O) groups excluding carboxylic acids is 3. The Hall–Kier alpha value is -3.85. The molecule has 4 aromatic carbocycles. The lowest BCUT2D eigenvalue weighted by atomic mass is 9.69. The maximum Gasteiger partial charge on any atom is 0.323 e. The van der Waals surface area contributed by atoms with Gasteiger partial charge in [0.1, 0.15) is 5.75 Å². The molecule has 0 bridgehead atoms. The standard InChI is InChI=1S/C33H26BrCl2N3O4/c1-18-27(19-11-14-22(43-2)15-12-19)28(30(40)20-7-4-3-5-8-20)33(23-17-21(34)13-16-26(23)37-31(33)41)39(18)32(42)38-29-24(35)9-6-10-25(29)36/h3-18,27-28H,1-2H3,(H,37,41)(H,38,42). The topological polar surface area (TPSA) is 87.7 Å². The monoisotopic (exact) mass is 677 g/mol. The number of fused-ring (bicyclic) bond motifs is 2. The molecular formula is C33H26BrCl2N3O4. The molecule has 4 aromatic rings. The molecule has 6 rings (SSSR count). The van der Waals surface area contributed by atoms with Crippen molar-refractivity contribution in [2.24, 2.45) is 5.92 Å². The summed E-state index contributed by atoms with van der Waals surface area (Å²) >= 11 is 16.4. The third-order valence-electron chi connectivity index (χ3n) is 8.36. The highest BCUT2D eigenvalue weighted by Gasteiger charge is 2.69. The van der Waals surface area contributed by atoms with Gasteiger partial charge < -0.3 is 20.3 Å². The summed E-state index contributed by atoms with van der Waals surface area (Å²) in [5.41, 5.74) is 0.757. The Kier molecular flexibility index (Phi) is 7.71. The number of rotatable bonds is 5. The summed E-state index contributed by atoms with van der Waals surface area (Å²) in [6.07, 6.45) is 0. The summed E-state index contributed by atoms with van der Waals surface area (Å²) in [5, 5.41) is 6.31. The SMILES string of the molecule is COc1ccc(C2C(C)N(C(=O)Nc3c(Cl)cccc3Cl)C3(C(=O)Nc4ccc(Br)cc43)C2C(=O)c2ccccc2)cc1. The van der Waals surface area contributed by atoms with Gasteiger partial charge in [0.15, 0.2) is 11.3 Å². The van der Waals surface area contributed by atoms with Gasteiger partial charge >= 0.3 is 6.03 Å². The van der Waals surface area contributed by atoms with Crippen LogP contribution in [0.3, 0.4) is 0 Å². The van der Waals surface area contributed by atoms with E-state index in [0.717, 1.165) is 5.56 Å². The summed E-state index contributed by atoms with van der Waals surface area (Å²) < 4.78 is 6.08. The molecule has 2 aliphatic rings. The Bertz CT molecular complexity index is 1730. The summed E-state index contributed by atoms with van der Waals surface area (Å²) in [4.78, 5) is 45.2. The number of halogens is 3. The first-order chi connectivity index (χ1) is 20.7. The summed E-state index contributed by atoms with van der Waals surface area (Å²) in [5.74, 6) is -1.67. The van der Waals surface area contributed by atoms with Crippen molar-refractivity contribution in [1.82, 2.24) is 4.90 Å². The molecule has 4 unspecified atom stereocenters. The highest BCUT2D eigenvalue weighted by Crippen LogP contribution is 2.59. The van der Waals surface area contributed by atoms with E-state index in [4.69, 9.17) is 27.9 Å². The maximum atomic E-state index is 14.7. The quantitative estimate of drug-likeness (QED) is 0.209. The number of nitrogens with one attached hydrogen (secondary N) is 2. The van der Waals surface area contributed by atoms with Crippen LogP contribution in [0.25, 0.3) is 0 Å². The van der Waals surface area contributed by atoms with E-state index >= 15 is 0 Å². The molecule has 4 atom stereocenters. The Labute approximate surface area is 267 Å². The number of carbonyl (C=O) groups is 3. The fourth-order valence-electron chi connectivity index (χ4n) is 6.56. The molecule has 7 nitrogen and oxygen atoms in total. The number of benzene rings is 4. The molecule has 218 valence electrons. The number of amides is 3. The number of ether oxygens (including phenoxy) is 1. The molecule has 43 heavy (non-hydrogen) atoms. The third kappa shape index (κ3) is 4.69. The van der Waals surface area contributed by atoms with Gasteiger partial charge in [-0.3, -0.25) is 9.59 Å². The van der Waals surface area contributed by atoms with E-state index in [1.165, 1.54) is 4.90 Å². The molecule has 10 heteroatoms. The van der Waals surface area contributed by atoms with Crippen LogP contribution in [0.1, 0.15) is 34.3 Å². The lowest BCUT2D eigenvalue weighted by Gasteiger charge is -2.38. The number of likely N-dealkylation sites (tertiary alicyclic amines) is 1. The van der Waals surface area contributed by atoms with Crippen molar-refractivity contribution in [2.45, 2.75) is 24.4 Å². The van der Waals surface area contributed by atoms with Gasteiger partial charge in [-0.15, -0.1) is 0 Å². The zero-order chi connectivity index (χ0) is 30.5. The molecule has 2 aliphatic heterocycles. The Morgan fingerprint density at radius 2 is 1.63 bits per heavy atom. The lowest BCUT2D eigenvalue weighted by Crippen LogP contribution is -2.57. The lowest BCUT2D eigenvalue weighted by molar-refractivity contribution is -0.126. The molecule has 0 saturated carbocycles. The van der Waals surface area contributed by atoms with Crippen molar-refractivity contribution in [3.63, 3.8) is 0 Å². The molecule has 1 spiro atoms. The number of Topliss-reactive ketones (excluding diaryl/α,β-unsaturated/α-hetero) is 1. The molecule has 0 radical (unpaired) electrons. The maximum absolute atomic E-state index is 14.7. The van der Waals surface area contributed by atoms with E-state index in [0.29, 0.717) is 27.0 Å². The zero-order valence-corrected chi connectivity index (χ0v) is 26.2. The van der Waals surface area contributed by atoms with Crippen LogP contribution in [0.4, 0.5) is 16.2 Å². The van der Waals surface area contributed by atoms with Crippen LogP contribution >= 0.6 is 39.1 Å². The predicted molar refractivity (Wildman–Crippen MR) is 171 cm³/mol. The number of anilines is 2. The van der Waals surface area contributed by atoms with Gasteiger partial charge in [0.25, 0.3) is 5.91 Å². The third-order valence-corrected chi connectivity index (χ3v) is 9.48. The van der Waals surface area contributed by atoms with Crippen LogP contribution in [0.5, 0.6) is 5.75 Å². The largest absolute Gasteiger partial charge is 0.497 e. The molecule has 3 amide bonds. The normalized spacial score (nSPS) is 22.3. The smallest absolute Gasteiger partial charge is 0.323 e. The van der Waals surface area contributed by atoms with Crippen LogP contribution in [-0.2, 0) is 10.3 Å². The Morgan fingerprint density at radius 3 is 2.28 bits per heavy atom. The van der Waals surface area contributed by atoms with E-state index < -0.39 is 35.4 Å². The number of para-hydroxylation sites is 1. The number of nitrogens with zero attached hydrogens (tertiary/aromatic N) is 1. The van der Waals surface area contributed by atoms with Gasteiger partial charge in [-0.05, 0) is 55.0 Å². The molecule has 2 heterocycles. The average Bonchev–Trinajstić information content (AvgIpc) is 3.45. The van der Waals surface area contributed by atoms with E-state index in [1.807, 2.05) is 37.3 Å². The van der Waals surface area contributed by atoms with Crippen molar-refractivity contribution >= 4 is 68.2 Å². The van der Waals surface area contributed by atoms with Gasteiger partial charge in [-0.2, -0.15) is 0 Å². The fourth-order valence-corrected chi connectivity index (χ4v) is 7.41. The zero-order valence-electron chi connectivity index (χ0n) is 23.1. The summed E-state index contributed by atoms with van der Waals surface area (Å²) in [6.45, 7) is 1.85. The molecule has 1 saturated heterocycles. The Morgan fingerprint density at radius 1 is 0.953 bits per heavy atom. The summed E-state index contributed by atoms with van der Waals surface area (Å²) in [6, 6.07) is 25.2. The second kappa shape index (κ2) is 11.3. The Balaban J connectivity index is 1.62. The average molecular weight is 679 g/mol. The van der Waals surface area contributed by atoms with Crippen molar-refractivity contribution < 1.29 is 19.1 Å². The number of ketones is 1. The van der Waals surface area contributed by atoms with Crippen LogP contribution < -0.4 is 15.4 Å². The van der Waals surface area contributed by atoms with Crippen molar-refractivity contribution in [1.29, 1.82) is 0 Å². The predicted octanol–water partition coefficient (Wildman–Crippen LogP) is 8.13. The van der Waals surface area contributed by atoms with Crippen LogP contribution in [0.2, 0.25) is 10.0 Å². The number of hydrogen-bond donors (Lipinski definition) is 2. The van der Waals surface area contributed by atoms with Crippen LogP contribution in [0.15, 0.2) is 95.5 Å². The molecule has 0 aliphatic carbocycles. The van der Waals surface area contributed by atoms with Crippen LogP contribution in [0, 0.1) is 5.92 Å². The van der Waals surface area contributed by atoms with Crippen molar-refractivity contribution in [3.8, 4) is 5.75 Å². The van der Waals surface area contributed by atoms with Crippen LogP contribution in [-0.4, -0.2) is 35.8 Å². The second-order valence-corrected chi connectivity index (χ2v) is 12.3. The highest BCUT2D eigenvalue weighted by atomic mass is 79.9. The molecular weight excluding hydrogens is 653 g/mol. The van der Waals surface area contributed by atoms with E-state index in [1.54, 1.807) is 67.8 Å². The van der Waals surface area contributed by atoms with Gasteiger partial charge in [-0.25, -0.2) is 4.79 Å². The van der Waals surface area contributed by atoms with E-state index in [2.05, 4.69) is 26.6 Å². The molecule has 2 N–H and O–H groups in total. The first-order valence-electron chi connectivity index (χ1n) is 13.6. The number of urea groups is 1. The fraction of sp³-hybridized carbons (Fsp3) is 0.182. The molecule has 0 aromatic heterocycles. The first-order valence-corrected chi connectivity index (χ1v) is 15.1. The minimum atomic E-state index is -1.71. The van der Waals surface area contributed by atoms with E-state index in [9.17, 15) is 14.4 Å². The minimum absolute atomic E-state index is 0.213. The first kappa shape index (κ1) is 29.2. The number of methoxy groups -OCH3 is 1. The van der Waals surface area contributed by atoms with Gasteiger partial charge in [0.2, 0.25) is 0 Å². The van der Waals surface area contributed by atoms with Gasteiger partial charge in [0, 0.05) is 33.2 Å². The van der Waals surface area contributed by atoms with Gasteiger partial charge in [0.05, 0.1) is 28.8 Å². The second-order valence-electron chi connectivity index (χ2n) is 10.6. The molecule has 1 fully saturated rings. The number of hydrogen-bond acceptors (Lipinski definition) is 4. The van der Waals surface area contributed by atoms with E-state index in [-0.39, 0.29) is 21.5 Å². The summed E-state index contributed by atoms with van der Waals surface area (Å²) in [7, 11) is 1.58.